The van der Waals surface area contributed by atoms with Crippen LogP contribution in [0.2, 0.25) is 0 Å². The van der Waals surface area contributed by atoms with Crippen molar-refractivity contribution in [2.24, 2.45) is 5.16 Å². The maximum atomic E-state index is 13.2. The lowest BCUT2D eigenvalue weighted by Crippen LogP contribution is -2.70. The minimum absolute atomic E-state index is 0.0256. The Morgan fingerprint density at radius 2 is 1.97 bits per heavy atom. The van der Waals surface area contributed by atoms with Crippen molar-refractivity contribution in [3.8, 4) is 0 Å². The fraction of sp³-hybridized carbons (Fsp3) is 0.550. The predicted octanol–water partition coefficient (Wildman–Crippen LogP) is 0.0523. The molecule has 2 atom stereocenters. The van der Waals surface area contributed by atoms with E-state index in [1.807, 2.05) is 0 Å². The van der Waals surface area contributed by atoms with Crippen LogP contribution in [-0.4, -0.2) is 83.2 Å². The molecule has 0 unspecified atom stereocenters. The molecular weight excluding hydrogens is 510 g/mol. The largest absolute Gasteiger partial charge is 0.478 e. The highest BCUT2D eigenvalue weighted by Gasteiger charge is 2.42. The molecule has 17 heteroatoms. The molecule has 200 valence electrons. The second kappa shape index (κ2) is 10.5. The molecule has 1 aliphatic heterocycles. The molecule has 16 nitrogen and oxygen atoms in total. The van der Waals surface area contributed by atoms with Crippen LogP contribution in [0, 0.1) is 6.92 Å². The fourth-order valence-corrected chi connectivity index (χ4v) is 3.49. The summed E-state index contributed by atoms with van der Waals surface area (Å²) in [5, 5.41) is 33.4. The zero-order valence-electron chi connectivity index (χ0n) is 20.9. The molecule has 0 saturated carbocycles. The van der Waals surface area contributed by atoms with Gasteiger partial charge in [0.25, 0.3) is 5.91 Å². The summed E-state index contributed by atoms with van der Waals surface area (Å²) < 4.78 is 6.65. The van der Waals surface area contributed by atoms with Gasteiger partial charge in [0.1, 0.15) is 23.2 Å². The summed E-state index contributed by atoms with van der Waals surface area (Å²) in [6.45, 7) is 9.46. The molecule has 0 spiro atoms. The highest BCUT2D eigenvalue weighted by atomic mass is 32.1. The van der Waals surface area contributed by atoms with E-state index in [2.05, 4.69) is 41.6 Å². The van der Waals surface area contributed by atoms with E-state index in [-0.39, 0.29) is 17.4 Å². The number of nitrogens with zero attached hydrogens (tertiary/aromatic N) is 6. The van der Waals surface area contributed by atoms with Gasteiger partial charge in [0.15, 0.2) is 10.8 Å². The summed E-state index contributed by atoms with van der Waals surface area (Å²) >= 11 is 0.973. The number of ether oxygens (including phenoxy) is 1. The average molecular weight is 538 g/mol. The topological polar surface area (TPSA) is 212 Å². The molecule has 2 aromatic heterocycles. The molecule has 2 aromatic rings. The lowest BCUT2D eigenvalue weighted by atomic mass is 9.98. The fourth-order valence-electron chi connectivity index (χ4n) is 2.81. The highest BCUT2D eigenvalue weighted by Crippen LogP contribution is 2.20. The van der Waals surface area contributed by atoms with Crippen LogP contribution in [0.3, 0.4) is 0 Å². The first kappa shape index (κ1) is 27.4. The number of β-lactam (4-membered cyclic amide) rings is 1. The molecule has 0 aliphatic carbocycles. The third kappa shape index (κ3) is 6.96. The van der Waals surface area contributed by atoms with Crippen molar-refractivity contribution in [3.63, 3.8) is 0 Å². The van der Waals surface area contributed by atoms with Crippen molar-refractivity contribution in [3.05, 3.63) is 16.9 Å². The van der Waals surface area contributed by atoms with Gasteiger partial charge in [0.05, 0.1) is 12.6 Å². The van der Waals surface area contributed by atoms with Gasteiger partial charge in [0, 0.05) is 5.38 Å². The van der Waals surface area contributed by atoms with Gasteiger partial charge in [-0.3, -0.25) is 14.9 Å². The quantitative estimate of drug-likeness (QED) is 0.191. The van der Waals surface area contributed by atoms with Crippen LogP contribution in [0.4, 0.5) is 9.93 Å². The normalized spacial score (nSPS) is 17.9. The number of anilines is 1. The number of carbonyl (C=O) groups excluding carboxylic acids is 3. The molecule has 3 rings (SSSR count). The Bertz CT molecular complexity index is 1230. The van der Waals surface area contributed by atoms with E-state index in [1.165, 1.54) is 23.9 Å². The number of carbonyl (C=O) groups is 4. The van der Waals surface area contributed by atoms with Crippen molar-refractivity contribution in [1.82, 2.24) is 35.8 Å². The first-order chi connectivity index (χ1) is 17.2. The van der Waals surface area contributed by atoms with Crippen molar-refractivity contribution >= 4 is 46.1 Å². The Morgan fingerprint density at radius 3 is 2.54 bits per heavy atom. The van der Waals surface area contributed by atoms with Crippen LogP contribution in [0.15, 0.2) is 10.5 Å². The smallest absolute Gasteiger partial charge is 0.413 e. The molecule has 0 radical (unpaired) electrons. The van der Waals surface area contributed by atoms with Crippen LogP contribution in [0.1, 0.15) is 46.1 Å². The van der Waals surface area contributed by atoms with Gasteiger partial charge < -0.3 is 25.3 Å². The van der Waals surface area contributed by atoms with E-state index in [4.69, 9.17) is 9.57 Å². The Hall–Kier alpha value is -4.15. The molecule has 0 aromatic carbocycles. The number of amides is 3. The average Bonchev–Trinajstić information content (AvgIpc) is 3.39. The molecule has 3 amide bonds. The Balaban J connectivity index is 1.80. The molecule has 0 bridgehead atoms. The Kier molecular flexibility index (Phi) is 7.75. The Labute approximate surface area is 214 Å². The number of aliphatic carboxylic acids is 1. The molecule has 1 saturated heterocycles. The van der Waals surface area contributed by atoms with Gasteiger partial charge in [-0.2, -0.15) is 0 Å². The van der Waals surface area contributed by atoms with Gasteiger partial charge in [-0.25, -0.2) is 19.3 Å². The monoisotopic (exact) mass is 537 g/mol. The van der Waals surface area contributed by atoms with Crippen molar-refractivity contribution < 1.29 is 33.9 Å². The number of aromatic nitrogens is 5. The number of oxime groups is 1. The number of rotatable bonds is 9. The third-order valence-corrected chi connectivity index (χ3v) is 5.59. The highest BCUT2D eigenvalue weighted by molar-refractivity contribution is 7.14. The summed E-state index contributed by atoms with van der Waals surface area (Å²) in [7, 11) is 0. The second-order valence-corrected chi connectivity index (χ2v) is 10.3. The second-order valence-electron chi connectivity index (χ2n) is 9.49. The van der Waals surface area contributed by atoms with Gasteiger partial charge in [-0.15, -0.1) is 16.4 Å². The number of hydrogen-bond donors (Lipinski definition) is 4. The summed E-state index contributed by atoms with van der Waals surface area (Å²) in [6.07, 6.45) is -0.758. The van der Waals surface area contributed by atoms with Gasteiger partial charge in [-0.05, 0) is 52.0 Å². The number of aryl methyl sites for hydroxylation is 1. The summed E-state index contributed by atoms with van der Waals surface area (Å²) in [4.78, 5) is 58.1. The van der Waals surface area contributed by atoms with Crippen molar-refractivity contribution in [2.45, 2.75) is 71.4 Å². The van der Waals surface area contributed by atoms with E-state index < -0.39 is 52.9 Å². The lowest BCUT2D eigenvalue weighted by Gasteiger charge is -2.36. The molecule has 1 aliphatic rings. The van der Waals surface area contributed by atoms with E-state index in [0.717, 1.165) is 11.3 Å². The number of thiazole rings is 1. The van der Waals surface area contributed by atoms with Crippen LogP contribution >= 0.6 is 11.3 Å². The number of hydrogen-bond acceptors (Lipinski definition) is 12. The van der Waals surface area contributed by atoms with Crippen LogP contribution < -0.4 is 16.0 Å². The summed E-state index contributed by atoms with van der Waals surface area (Å²) in [5.74, 6) is -2.10. The van der Waals surface area contributed by atoms with Crippen molar-refractivity contribution in [2.75, 3.05) is 5.32 Å². The first-order valence-electron chi connectivity index (χ1n) is 11.0. The maximum Gasteiger partial charge on any atom is 0.413 e. The predicted molar refractivity (Wildman–Crippen MR) is 128 cm³/mol. The summed E-state index contributed by atoms with van der Waals surface area (Å²) in [5.41, 5.74) is -2.94. The van der Waals surface area contributed by atoms with Gasteiger partial charge in [-0.1, -0.05) is 5.16 Å². The molecule has 4 N–H and O–H groups in total. The van der Waals surface area contributed by atoms with E-state index >= 15 is 0 Å². The summed E-state index contributed by atoms with van der Waals surface area (Å²) in [6, 6.07) is -1.47. The van der Waals surface area contributed by atoms with E-state index in [0.29, 0.717) is 5.82 Å². The number of carboxylic acids is 1. The molecular formula is C20H27N9O7S. The molecule has 37 heavy (non-hydrogen) atoms. The standard InChI is InChI=1S/C20H27N9O7S/c1-9-25-27-28-29(9)7-10-12(14(30)21-10)23-15(31)13(26-36-20(5,6)16(32)33)11-8-37-17(22-11)24-18(34)35-19(2,3)4/h8,10,12H,7H2,1-6H3,(H,21,30)(H,23,31)(H,32,33)(H,22,24,34)/t10-,12+/m1/s1. The van der Waals surface area contributed by atoms with Crippen LogP contribution in [0.25, 0.3) is 0 Å². The zero-order chi connectivity index (χ0) is 27.5. The number of tetrazole rings is 1. The first-order valence-corrected chi connectivity index (χ1v) is 11.8. The number of nitrogens with one attached hydrogen (secondary N) is 3. The van der Waals surface area contributed by atoms with Crippen molar-refractivity contribution in [1.29, 1.82) is 0 Å². The van der Waals surface area contributed by atoms with Crippen LogP contribution in [-0.2, 0) is 30.5 Å². The third-order valence-electron chi connectivity index (χ3n) is 4.83. The van der Waals surface area contributed by atoms with Gasteiger partial charge in [0.2, 0.25) is 11.5 Å². The van der Waals surface area contributed by atoms with E-state index in [9.17, 15) is 24.3 Å². The minimum atomic E-state index is -1.77. The lowest BCUT2D eigenvalue weighted by molar-refractivity contribution is -0.161. The minimum Gasteiger partial charge on any atom is -0.478 e. The van der Waals surface area contributed by atoms with Gasteiger partial charge >= 0.3 is 12.1 Å². The Morgan fingerprint density at radius 1 is 1.27 bits per heavy atom. The van der Waals surface area contributed by atoms with Crippen LogP contribution in [0.5, 0.6) is 0 Å². The molecule has 1 fully saturated rings. The molecule has 3 heterocycles. The number of carboxylic acid groups (broad SMARTS) is 1. The maximum absolute atomic E-state index is 13.2. The SMILES string of the molecule is Cc1nnnn1C[C@H]1NC(=O)[C@H]1NC(=O)C(=NOC(C)(C)C(=O)O)c1csc(NC(=O)OC(C)(C)C)n1. The van der Waals surface area contributed by atoms with E-state index in [1.54, 1.807) is 27.7 Å². The zero-order valence-corrected chi connectivity index (χ0v) is 21.7.